The Kier molecular flexibility index (Phi) is 7.52. The molecule has 2 aromatic rings. The molecule has 0 aromatic heterocycles. The summed E-state index contributed by atoms with van der Waals surface area (Å²) < 4.78 is 5.02. The van der Waals surface area contributed by atoms with Crippen LogP contribution in [0.3, 0.4) is 0 Å². The van der Waals surface area contributed by atoms with E-state index in [1.54, 1.807) is 0 Å². The van der Waals surface area contributed by atoms with Crippen molar-refractivity contribution < 1.29 is 60.0 Å². The molecule has 1 fully saturated rings. The van der Waals surface area contributed by atoms with Gasteiger partial charge in [0.15, 0.2) is 23.0 Å². The fourth-order valence-corrected chi connectivity index (χ4v) is 5.35. The number of rotatable bonds is 8. The molecule has 0 heterocycles. The number of aliphatic hydroxyl groups is 2. The summed E-state index contributed by atoms with van der Waals surface area (Å²) in [5.74, 6) is -9.84. The topological polar surface area (TPSA) is 222 Å². The maximum atomic E-state index is 12.5. The molecule has 3 aliphatic rings. The minimum absolute atomic E-state index is 0.219. The Hall–Kier alpha value is -4.55. The number of carbonyl (C=O) groups is 3. The van der Waals surface area contributed by atoms with Gasteiger partial charge in [-0.1, -0.05) is 24.3 Å². The van der Waals surface area contributed by atoms with Crippen LogP contribution in [0.5, 0.6) is 23.0 Å². The first kappa shape index (κ1) is 27.5. The minimum Gasteiger partial charge on any atom is -0.504 e. The maximum Gasteiger partial charge on any atom is 0.345 e. The second kappa shape index (κ2) is 10.7. The van der Waals surface area contributed by atoms with Gasteiger partial charge >= 0.3 is 17.9 Å². The number of allylic oxidation sites excluding steroid dienone is 1. The number of aliphatic carboxylic acids is 2. The van der Waals surface area contributed by atoms with E-state index in [9.17, 15) is 55.2 Å². The second-order valence-electron chi connectivity index (χ2n) is 9.51. The summed E-state index contributed by atoms with van der Waals surface area (Å²) in [5.41, 5.74) is 0.813. The van der Waals surface area contributed by atoms with Crippen molar-refractivity contribution in [1.29, 1.82) is 0 Å². The highest BCUT2D eigenvalue weighted by Gasteiger charge is 2.56. The quantitative estimate of drug-likeness (QED) is 0.133. The van der Waals surface area contributed by atoms with Gasteiger partial charge in [0.05, 0.1) is 18.1 Å². The van der Waals surface area contributed by atoms with E-state index in [0.29, 0.717) is 5.56 Å². The number of benzene rings is 2. The first-order chi connectivity index (χ1) is 18.4. The Balaban J connectivity index is 1.57. The summed E-state index contributed by atoms with van der Waals surface area (Å²) in [6, 6.07) is 7.42. The normalized spacial score (nSPS) is 26.7. The highest BCUT2D eigenvalue weighted by atomic mass is 16.6. The molecule has 0 aliphatic heterocycles. The van der Waals surface area contributed by atoms with E-state index in [2.05, 4.69) is 0 Å². The van der Waals surface area contributed by atoms with E-state index in [1.807, 2.05) is 0 Å². The van der Waals surface area contributed by atoms with Crippen molar-refractivity contribution >= 4 is 17.9 Å². The van der Waals surface area contributed by atoms with E-state index < -0.39 is 82.9 Å². The molecule has 12 heteroatoms. The number of carboxylic acid groups (broad SMARTS) is 2. The molecule has 5 rings (SSSR count). The van der Waals surface area contributed by atoms with Crippen molar-refractivity contribution in [3.8, 4) is 23.0 Å². The van der Waals surface area contributed by atoms with Gasteiger partial charge in [-0.3, -0.25) is 4.79 Å². The van der Waals surface area contributed by atoms with Crippen LogP contribution in [0.25, 0.3) is 0 Å². The first-order valence-electron chi connectivity index (χ1n) is 11.8. The van der Waals surface area contributed by atoms with E-state index >= 15 is 0 Å². The van der Waals surface area contributed by atoms with Crippen molar-refractivity contribution in [2.24, 2.45) is 17.8 Å². The number of hydrogen-bond acceptors (Lipinski definition) is 10. The summed E-state index contributed by atoms with van der Waals surface area (Å²) in [4.78, 5) is 36.4. The molecule has 8 N–H and O–H groups in total. The van der Waals surface area contributed by atoms with Crippen molar-refractivity contribution in [3.63, 3.8) is 0 Å². The van der Waals surface area contributed by atoms with Gasteiger partial charge in [-0.05, 0) is 41.0 Å². The molecule has 2 bridgehead atoms. The van der Waals surface area contributed by atoms with E-state index in [1.165, 1.54) is 36.4 Å². The summed E-state index contributed by atoms with van der Waals surface area (Å²) in [5, 5.41) is 79.4. The third kappa shape index (κ3) is 5.38. The first-order valence-corrected chi connectivity index (χ1v) is 11.8. The average molecular weight is 542 g/mol. The third-order valence-electron chi connectivity index (χ3n) is 7.15. The van der Waals surface area contributed by atoms with Crippen molar-refractivity contribution in [2.45, 2.75) is 30.7 Å². The summed E-state index contributed by atoms with van der Waals surface area (Å²) >= 11 is 0. The van der Waals surface area contributed by atoms with Gasteiger partial charge in [-0.15, -0.1) is 0 Å². The van der Waals surface area contributed by atoms with Gasteiger partial charge in [0.1, 0.15) is 0 Å². The number of phenols is 4. The predicted molar refractivity (Wildman–Crippen MR) is 131 cm³/mol. The molecule has 2 aromatic carbocycles. The monoisotopic (exact) mass is 542 g/mol. The van der Waals surface area contributed by atoms with Gasteiger partial charge in [0, 0.05) is 30.3 Å². The van der Waals surface area contributed by atoms with E-state index in [4.69, 9.17) is 4.74 Å². The van der Waals surface area contributed by atoms with Gasteiger partial charge in [-0.2, -0.15) is 0 Å². The number of aromatic hydroxyl groups is 4. The minimum atomic E-state index is -1.64. The van der Waals surface area contributed by atoms with Crippen LogP contribution in [0.1, 0.15) is 17.0 Å². The molecule has 39 heavy (non-hydrogen) atoms. The zero-order valence-electron chi connectivity index (χ0n) is 20.2. The zero-order chi connectivity index (χ0) is 28.6. The predicted octanol–water partition coefficient (Wildman–Crippen LogP) is 0.996. The molecule has 206 valence electrons. The largest absolute Gasteiger partial charge is 0.504 e. The Morgan fingerprint density at radius 3 is 2.08 bits per heavy atom. The fourth-order valence-electron chi connectivity index (χ4n) is 5.35. The second-order valence-corrected chi connectivity index (χ2v) is 9.51. The molecule has 12 nitrogen and oxygen atoms in total. The molecular formula is C27H26O12. The Morgan fingerprint density at radius 2 is 1.49 bits per heavy atom. The molecular weight excluding hydrogens is 516 g/mol. The number of phenolic OH excluding ortho intramolecular Hbond substituents is 4. The Labute approximate surface area is 221 Å². The SMILES string of the molecule is O=C(/C=C/C1=CC2C(O)C(O)C1C(C(=O)O)C2c1ccc(O)c(O)c1)O[C@H](Cc1ccc(O)c(O)c1)C(=O)O. The fraction of sp³-hybridized carbons (Fsp3) is 0.296. The molecule has 3 aliphatic carbocycles. The lowest BCUT2D eigenvalue weighted by atomic mass is 9.55. The number of ether oxygens (including phenoxy) is 1. The highest BCUT2D eigenvalue weighted by molar-refractivity contribution is 5.86. The van der Waals surface area contributed by atoms with Gasteiger partial charge < -0.3 is 45.6 Å². The Morgan fingerprint density at radius 1 is 0.846 bits per heavy atom. The lowest BCUT2D eigenvalue weighted by Crippen LogP contribution is -2.56. The van der Waals surface area contributed by atoms with Gasteiger partial charge in [-0.25, -0.2) is 9.59 Å². The zero-order valence-corrected chi connectivity index (χ0v) is 20.2. The number of hydrogen-bond donors (Lipinski definition) is 8. The highest BCUT2D eigenvalue weighted by Crippen LogP contribution is 2.54. The Bertz CT molecular complexity index is 1360. The summed E-state index contributed by atoms with van der Waals surface area (Å²) in [6.45, 7) is 0. The average Bonchev–Trinajstić information content (AvgIpc) is 2.88. The van der Waals surface area contributed by atoms with Crippen LogP contribution in [-0.2, 0) is 25.5 Å². The molecule has 0 saturated heterocycles. The smallest absolute Gasteiger partial charge is 0.345 e. The lowest BCUT2D eigenvalue weighted by Gasteiger charge is -2.51. The van der Waals surface area contributed by atoms with Gasteiger partial charge in [0.2, 0.25) is 6.10 Å². The van der Waals surface area contributed by atoms with Crippen LogP contribution < -0.4 is 0 Å². The van der Waals surface area contributed by atoms with Crippen LogP contribution in [-0.4, -0.2) is 77.1 Å². The molecule has 7 atom stereocenters. The third-order valence-corrected chi connectivity index (χ3v) is 7.15. The molecule has 0 spiro atoms. The number of esters is 1. The summed E-state index contributed by atoms with van der Waals surface area (Å²) in [7, 11) is 0. The van der Waals surface area contributed by atoms with Crippen molar-refractivity contribution in [2.75, 3.05) is 0 Å². The van der Waals surface area contributed by atoms with Crippen LogP contribution in [0.15, 0.2) is 60.2 Å². The standard InChI is InChI=1S/C27H26O12/c28-15-4-1-11(7-17(15)30)8-19(26(35)36)39-20(32)6-3-12-9-14-21(13-2-5-16(29)18(31)10-13)23(27(37)38)22(12)25(34)24(14)33/h1-7,9-10,14,19,21-25,28-31,33-34H,8H2,(H,35,36)(H,37,38)/b6-3+/t14?,19-,21?,22?,23?,24?,25?/m1/s1. The van der Waals surface area contributed by atoms with Crippen LogP contribution >= 0.6 is 0 Å². The maximum absolute atomic E-state index is 12.5. The lowest BCUT2D eigenvalue weighted by molar-refractivity contribution is -0.160. The summed E-state index contributed by atoms with van der Waals surface area (Å²) in [6.07, 6.45) is -1.22. The van der Waals surface area contributed by atoms with Crippen LogP contribution in [0.4, 0.5) is 0 Å². The van der Waals surface area contributed by atoms with Crippen molar-refractivity contribution in [1.82, 2.24) is 0 Å². The van der Waals surface area contributed by atoms with Crippen molar-refractivity contribution in [3.05, 3.63) is 71.3 Å². The molecule has 0 radical (unpaired) electrons. The van der Waals surface area contributed by atoms with E-state index in [-0.39, 0.29) is 17.6 Å². The number of carboxylic acids is 2. The molecule has 1 saturated carbocycles. The number of fused-ring (bicyclic) bond motifs is 2. The number of aliphatic hydroxyl groups excluding tert-OH is 2. The number of carbonyl (C=O) groups excluding carboxylic acids is 1. The van der Waals surface area contributed by atoms with Crippen LogP contribution in [0, 0.1) is 17.8 Å². The molecule has 0 amide bonds. The van der Waals surface area contributed by atoms with E-state index in [0.717, 1.165) is 18.2 Å². The van der Waals surface area contributed by atoms with Gasteiger partial charge in [0.25, 0.3) is 0 Å². The van der Waals surface area contributed by atoms with Crippen LogP contribution in [0.2, 0.25) is 0 Å². The molecule has 6 unspecified atom stereocenters.